The minimum absolute atomic E-state index is 0.127. The molecular formula is C14H14N4OS. The van der Waals surface area contributed by atoms with E-state index in [0.717, 1.165) is 21.7 Å². The van der Waals surface area contributed by atoms with Gasteiger partial charge in [-0.3, -0.25) is 0 Å². The highest BCUT2D eigenvalue weighted by Crippen LogP contribution is 2.25. The zero-order chi connectivity index (χ0) is 13.9. The summed E-state index contributed by atoms with van der Waals surface area (Å²) in [7, 11) is 0. The lowest BCUT2D eigenvalue weighted by atomic mass is 10.2. The molecule has 0 saturated heterocycles. The first-order chi connectivity index (χ1) is 9.79. The van der Waals surface area contributed by atoms with Crippen LogP contribution in [-0.4, -0.2) is 37.2 Å². The Morgan fingerprint density at radius 3 is 2.75 bits per heavy atom. The summed E-state index contributed by atoms with van der Waals surface area (Å²) in [5.41, 5.74) is 2.96. The first kappa shape index (κ1) is 13.1. The smallest absolute Gasteiger partial charge is 0.167 e. The van der Waals surface area contributed by atoms with Gasteiger partial charge in [0.05, 0.1) is 23.9 Å². The van der Waals surface area contributed by atoms with Gasteiger partial charge >= 0.3 is 0 Å². The number of hydrogen-bond donors (Lipinski definition) is 1. The second-order valence-corrected chi connectivity index (χ2v) is 5.46. The Morgan fingerprint density at radius 1 is 1.20 bits per heavy atom. The maximum Gasteiger partial charge on any atom is 0.167 e. The molecule has 0 amide bonds. The fraction of sp³-hybridized carbons (Fsp3) is 0.214. The van der Waals surface area contributed by atoms with Crippen molar-refractivity contribution < 1.29 is 5.11 Å². The zero-order valence-corrected chi connectivity index (χ0v) is 11.8. The number of aryl methyl sites for hydroxylation is 1. The first-order valence-electron chi connectivity index (χ1n) is 6.29. The third-order valence-corrected chi connectivity index (χ3v) is 3.92. The lowest BCUT2D eigenvalue weighted by Crippen LogP contribution is -1.98. The summed E-state index contributed by atoms with van der Waals surface area (Å²) in [6.07, 6.45) is 3.31. The van der Waals surface area contributed by atoms with Crippen LogP contribution in [0.5, 0.6) is 0 Å². The molecule has 0 saturated carbocycles. The van der Waals surface area contributed by atoms with Crippen molar-refractivity contribution in [1.29, 1.82) is 0 Å². The molecule has 0 unspecified atom stereocenters. The largest absolute Gasteiger partial charge is 0.396 e. The van der Waals surface area contributed by atoms with Crippen LogP contribution in [0.4, 0.5) is 0 Å². The van der Waals surface area contributed by atoms with Gasteiger partial charge in [0.1, 0.15) is 11.4 Å². The van der Waals surface area contributed by atoms with Crippen LogP contribution in [0.25, 0.3) is 16.7 Å². The van der Waals surface area contributed by atoms with Crippen LogP contribution in [-0.2, 0) is 0 Å². The van der Waals surface area contributed by atoms with E-state index in [1.54, 1.807) is 10.9 Å². The zero-order valence-electron chi connectivity index (χ0n) is 11.0. The Bertz CT molecular complexity index is 724. The Morgan fingerprint density at radius 2 is 2.00 bits per heavy atom. The van der Waals surface area contributed by atoms with Gasteiger partial charge in [-0.25, -0.2) is 14.6 Å². The number of aromatic nitrogens is 4. The molecule has 1 N–H and O–H groups in total. The van der Waals surface area contributed by atoms with E-state index in [-0.39, 0.29) is 6.61 Å². The maximum absolute atomic E-state index is 8.92. The number of benzene rings is 1. The predicted molar refractivity (Wildman–Crippen MR) is 79.2 cm³/mol. The van der Waals surface area contributed by atoms with Crippen molar-refractivity contribution in [3.8, 4) is 5.69 Å². The van der Waals surface area contributed by atoms with Crippen molar-refractivity contribution in [2.24, 2.45) is 0 Å². The molecule has 3 aromatic rings. The molecule has 0 atom stereocenters. The molecule has 2 aromatic heterocycles. The standard InChI is InChI=1S/C14H14N4OS/c1-10-2-4-11(5-3-10)18-13-12(8-17-18)14(16-9-15-13)20-7-6-19/h2-5,8-9,19H,6-7H2,1H3. The summed E-state index contributed by atoms with van der Waals surface area (Å²) < 4.78 is 1.81. The maximum atomic E-state index is 8.92. The number of thioether (sulfide) groups is 1. The van der Waals surface area contributed by atoms with Crippen LogP contribution < -0.4 is 0 Å². The SMILES string of the molecule is Cc1ccc(-n2ncc3c(SCCO)ncnc32)cc1. The molecule has 102 valence electrons. The minimum atomic E-state index is 0.127. The van der Waals surface area contributed by atoms with E-state index in [4.69, 9.17) is 5.11 Å². The van der Waals surface area contributed by atoms with Gasteiger partial charge in [0.25, 0.3) is 0 Å². The Balaban J connectivity index is 2.07. The van der Waals surface area contributed by atoms with E-state index in [1.807, 2.05) is 24.3 Å². The first-order valence-corrected chi connectivity index (χ1v) is 7.27. The van der Waals surface area contributed by atoms with Crippen molar-refractivity contribution in [2.75, 3.05) is 12.4 Å². The number of aliphatic hydroxyl groups excluding tert-OH is 1. The molecule has 0 fully saturated rings. The quantitative estimate of drug-likeness (QED) is 0.588. The molecule has 2 heterocycles. The number of nitrogens with zero attached hydrogens (tertiary/aromatic N) is 4. The van der Waals surface area contributed by atoms with E-state index in [2.05, 4.69) is 22.0 Å². The molecule has 0 bridgehead atoms. The van der Waals surface area contributed by atoms with Gasteiger partial charge in [-0.2, -0.15) is 5.10 Å². The van der Waals surface area contributed by atoms with Gasteiger partial charge < -0.3 is 5.11 Å². The highest BCUT2D eigenvalue weighted by Gasteiger charge is 2.11. The van der Waals surface area contributed by atoms with E-state index in [1.165, 1.54) is 23.7 Å². The molecular weight excluding hydrogens is 272 g/mol. The highest BCUT2D eigenvalue weighted by atomic mass is 32.2. The Hall–Kier alpha value is -1.92. The van der Waals surface area contributed by atoms with E-state index >= 15 is 0 Å². The predicted octanol–water partition coefficient (Wildman–Crippen LogP) is 2.21. The Kier molecular flexibility index (Phi) is 3.66. The summed E-state index contributed by atoms with van der Waals surface area (Å²) in [4.78, 5) is 8.58. The van der Waals surface area contributed by atoms with Gasteiger partial charge in [-0.05, 0) is 19.1 Å². The number of hydrogen-bond acceptors (Lipinski definition) is 5. The molecule has 20 heavy (non-hydrogen) atoms. The summed E-state index contributed by atoms with van der Waals surface area (Å²) in [6.45, 7) is 2.18. The fourth-order valence-corrected chi connectivity index (χ4v) is 2.66. The van der Waals surface area contributed by atoms with Crippen molar-refractivity contribution in [1.82, 2.24) is 19.7 Å². The molecule has 5 nitrogen and oxygen atoms in total. The molecule has 0 aliphatic rings. The third kappa shape index (κ3) is 2.39. The van der Waals surface area contributed by atoms with Gasteiger partial charge in [-0.15, -0.1) is 11.8 Å². The molecule has 0 radical (unpaired) electrons. The van der Waals surface area contributed by atoms with Crippen LogP contribution in [0.1, 0.15) is 5.56 Å². The number of fused-ring (bicyclic) bond motifs is 1. The average molecular weight is 286 g/mol. The molecule has 0 aliphatic heterocycles. The van der Waals surface area contributed by atoms with E-state index in [0.29, 0.717) is 5.75 Å². The van der Waals surface area contributed by atoms with Gasteiger partial charge in [0.15, 0.2) is 5.65 Å². The van der Waals surface area contributed by atoms with Crippen LogP contribution in [0.3, 0.4) is 0 Å². The topological polar surface area (TPSA) is 63.8 Å². The summed E-state index contributed by atoms with van der Waals surface area (Å²) >= 11 is 1.51. The molecule has 0 aliphatic carbocycles. The lowest BCUT2D eigenvalue weighted by molar-refractivity contribution is 0.322. The molecule has 6 heteroatoms. The number of aliphatic hydroxyl groups is 1. The molecule has 1 aromatic carbocycles. The average Bonchev–Trinajstić information content (AvgIpc) is 2.90. The van der Waals surface area contributed by atoms with E-state index in [9.17, 15) is 0 Å². The molecule has 0 spiro atoms. The van der Waals surface area contributed by atoms with Crippen LogP contribution in [0.15, 0.2) is 41.8 Å². The lowest BCUT2D eigenvalue weighted by Gasteiger charge is -2.04. The molecule has 3 rings (SSSR count). The highest BCUT2D eigenvalue weighted by molar-refractivity contribution is 7.99. The Labute approximate surface area is 120 Å². The summed E-state index contributed by atoms with van der Waals surface area (Å²) in [5.74, 6) is 0.613. The van der Waals surface area contributed by atoms with Crippen molar-refractivity contribution in [3.05, 3.63) is 42.4 Å². The normalized spacial score (nSPS) is 11.1. The third-order valence-electron chi connectivity index (χ3n) is 2.94. The van der Waals surface area contributed by atoms with Crippen molar-refractivity contribution in [2.45, 2.75) is 11.9 Å². The number of rotatable bonds is 4. The minimum Gasteiger partial charge on any atom is -0.396 e. The summed E-state index contributed by atoms with van der Waals surface area (Å²) in [6, 6.07) is 8.13. The van der Waals surface area contributed by atoms with Gasteiger partial charge in [-0.1, -0.05) is 17.7 Å². The monoisotopic (exact) mass is 286 g/mol. The van der Waals surface area contributed by atoms with Crippen LogP contribution in [0, 0.1) is 6.92 Å². The van der Waals surface area contributed by atoms with Crippen LogP contribution in [0.2, 0.25) is 0 Å². The second kappa shape index (κ2) is 5.60. The van der Waals surface area contributed by atoms with Gasteiger partial charge in [0.2, 0.25) is 0 Å². The van der Waals surface area contributed by atoms with Crippen molar-refractivity contribution >= 4 is 22.8 Å². The van der Waals surface area contributed by atoms with E-state index < -0.39 is 0 Å². The fourth-order valence-electron chi connectivity index (χ4n) is 1.95. The van der Waals surface area contributed by atoms with Crippen molar-refractivity contribution in [3.63, 3.8) is 0 Å². The van der Waals surface area contributed by atoms with Gasteiger partial charge in [0, 0.05) is 5.75 Å². The summed E-state index contributed by atoms with van der Waals surface area (Å²) in [5, 5.41) is 15.1. The second-order valence-electron chi connectivity index (χ2n) is 4.38. The van der Waals surface area contributed by atoms with Crippen LogP contribution >= 0.6 is 11.8 Å².